The summed E-state index contributed by atoms with van der Waals surface area (Å²) < 4.78 is 38.7. The lowest BCUT2D eigenvalue weighted by molar-refractivity contribution is -0.178. The molecule has 1 N–H and O–H groups in total. The monoisotopic (exact) mass is 328 g/mol. The highest BCUT2D eigenvalue weighted by Crippen LogP contribution is 2.36. The molecule has 2 aliphatic rings. The number of thiophene rings is 1. The van der Waals surface area contributed by atoms with Crippen LogP contribution in [0.1, 0.15) is 30.6 Å². The number of nitrogens with one attached hydrogen (secondary N) is 1. The van der Waals surface area contributed by atoms with E-state index in [1.165, 1.54) is 12.1 Å². The number of ether oxygens (including phenoxy) is 2. The van der Waals surface area contributed by atoms with E-state index in [0.29, 0.717) is 43.8 Å². The highest BCUT2D eigenvalue weighted by Gasteiger charge is 2.41. The predicted molar refractivity (Wildman–Crippen MR) is 76.2 cm³/mol. The van der Waals surface area contributed by atoms with Crippen molar-refractivity contribution in [2.24, 2.45) is 0 Å². The summed E-state index contributed by atoms with van der Waals surface area (Å²) in [5.74, 6) is -0.487. The quantitative estimate of drug-likeness (QED) is 0.910. The largest absolute Gasteiger partial charge is 0.348 e. The van der Waals surface area contributed by atoms with Crippen molar-refractivity contribution in [2.75, 3.05) is 13.2 Å². The van der Waals surface area contributed by atoms with Crippen LogP contribution in [-0.4, -0.2) is 33.5 Å². The van der Waals surface area contributed by atoms with Crippen LogP contribution in [0.4, 0.5) is 0 Å². The molecule has 0 aromatic carbocycles. The molecular weight excluding hydrogens is 312 g/mol. The first-order valence-electron chi connectivity index (χ1n) is 6.83. The van der Waals surface area contributed by atoms with Crippen LogP contribution in [0.5, 0.6) is 0 Å². The summed E-state index contributed by atoms with van der Waals surface area (Å²) in [4.78, 5) is 0.394. The fourth-order valence-electron chi connectivity index (χ4n) is 2.76. The van der Waals surface area contributed by atoms with Crippen molar-refractivity contribution in [3.05, 3.63) is 17.0 Å². The highest BCUT2D eigenvalue weighted by atomic mass is 32.2. The Morgan fingerprint density at radius 3 is 2.52 bits per heavy atom. The van der Waals surface area contributed by atoms with E-state index in [1.807, 2.05) is 6.07 Å². The molecule has 114 valence electrons. The maximum absolute atomic E-state index is 12.3. The Hall–Kier alpha value is -0.980. The Morgan fingerprint density at radius 1 is 1.29 bits per heavy atom. The van der Waals surface area contributed by atoms with Gasteiger partial charge in [-0.25, -0.2) is 13.1 Å². The molecule has 21 heavy (non-hydrogen) atoms. The topological polar surface area (TPSA) is 88.4 Å². The molecule has 1 aliphatic carbocycles. The van der Waals surface area contributed by atoms with Crippen molar-refractivity contribution < 1.29 is 17.9 Å². The van der Waals surface area contributed by atoms with Crippen LogP contribution in [-0.2, 0) is 19.5 Å². The maximum Gasteiger partial charge on any atom is 0.250 e. The van der Waals surface area contributed by atoms with Gasteiger partial charge in [0.25, 0.3) is 0 Å². The average molecular weight is 328 g/mol. The Balaban J connectivity index is 1.63. The number of sulfonamides is 1. The first-order valence-corrected chi connectivity index (χ1v) is 9.13. The molecule has 1 aromatic heterocycles. The van der Waals surface area contributed by atoms with Crippen LogP contribution < -0.4 is 4.72 Å². The molecule has 0 amide bonds. The van der Waals surface area contributed by atoms with E-state index < -0.39 is 15.8 Å². The van der Waals surface area contributed by atoms with Crippen LogP contribution in [0.2, 0.25) is 0 Å². The third-order valence-corrected chi connectivity index (χ3v) is 6.84. The summed E-state index contributed by atoms with van der Waals surface area (Å²) in [6.07, 6.45) is 2.79. The van der Waals surface area contributed by atoms with Gasteiger partial charge < -0.3 is 9.47 Å². The van der Waals surface area contributed by atoms with Crippen LogP contribution in [0.15, 0.2) is 16.3 Å². The van der Waals surface area contributed by atoms with E-state index in [2.05, 4.69) is 4.72 Å². The molecule has 2 heterocycles. The molecular formula is C13H16N2O4S2. The van der Waals surface area contributed by atoms with Crippen LogP contribution in [0.3, 0.4) is 0 Å². The molecule has 0 radical (unpaired) electrons. The van der Waals surface area contributed by atoms with Crippen molar-refractivity contribution in [1.29, 1.82) is 5.26 Å². The fraction of sp³-hybridized carbons (Fsp3) is 0.615. The molecule has 1 saturated carbocycles. The molecule has 6 nitrogen and oxygen atoms in total. The zero-order valence-corrected chi connectivity index (χ0v) is 13.0. The lowest BCUT2D eigenvalue weighted by atomic mass is 9.91. The zero-order chi connectivity index (χ0) is 14.9. The number of nitriles is 1. The molecule has 2 fully saturated rings. The van der Waals surface area contributed by atoms with Gasteiger partial charge in [0.2, 0.25) is 10.0 Å². The standard InChI is InChI=1S/C13H16N2O4S2/c14-9-11-1-2-12(20-11)21(16,17)15-10-3-5-13(6-4-10)18-7-8-19-13/h1-2,10,15H,3-8H2. The number of nitrogens with zero attached hydrogens (tertiary/aromatic N) is 1. The van der Waals surface area contributed by atoms with Gasteiger partial charge in [0.1, 0.15) is 15.2 Å². The third-order valence-electron chi connectivity index (χ3n) is 3.84. The Labute approximate surface area is 127 Å². The van der Waals surface area contributed by atoms with Gasteiger partial charge in [-0.2, -0.15) is 5.26 Å². The van der Waals surface area contributed by atoms with Gasteiger partial charge in [0.05, 0.1) is 13.2 Å². The van der Waals surface area contributed by atoms with Gasteiger partial charge in [-0.05, 0) is 25.0 Å². The molecule has 1 aromatic rings. The second-order valence-electron chi connectivity index (χ2n) is 5.23. The fourth-order valence-corrected chi connectivity index (χ4v) is 5.19. The Bertz CT molecular complexity index is 646. The van der Waals surface area contributed by atoms with Crippen LogP contribution in [0.25, 0.3) is 0 Å². The predicted octanol–water partition coefficient (Wildman–Crippen LogP) is 1.58. The summed E-state index contributed by atoms with van der Waals surface area (Å²) in [6.45, 7) is 1.23. The summed E-state index contributed by atoms with van der Waals surface area (Å²) in [5, 5.41) is 8.77. The van der Waals surface area contributed by atoms with E-state index >= 15 is 0 Å². The molecule has 0 unspecified atom stereocenters. The minimum atomic E-state index is -3.55. The summed E-state index contributed by atoms with van der Waals surface area (Å²) in [7, 11) is -3.55. The minimum Gasteiger partial charge on any atom is -0.348 e. The first-order chi connectivity index (χ1) is 10.0. The van der Waals surface area contributed by atoms with Gasteiger partial charge >= 0.3 is 0 Å². The average Bonchev–Trinajstić information content (AvgIpc) is 3.11. The van der Waals surface area contributed by atoms with E-state index in [1.54, 1.807) is 0 Å². The number of rotatable bonds is 3. The summed E-state index contributed by atoms with van der Waals surface area (Å²) >= 11 is 0.986. The normalized spacial score (nSPS) is 22.4. The van der Waals surface area contributed by atoms with Crippen LogP contribution >= 0.6 is 11.3 Å². The second-order valence-corrected chi connectivity index (χ2v) is 8.26. The minimum absolute atomic E-state index is 0.110. The van der Waals surface area contributed by atoms with Crippen molar-refractivity contribution in [3.8, 4) is 6.07 Å². The summed E-state index contributed by atoms with van der Waals surface area (Å²) in [6, 6.07) is 4.83. The van der Waals surface area contributed by atoms with Crippen molar-refractivity contribution in [3.63, 3.8) is 0 Å². The second kappa shape index (κ2) is 5.66. The smallest absolute Gasteiger partial charge is 0.250 e. The van der Waals surface area contributed by atoms with Gasteiger partial charge in [-0.3, -0.25) is 0 Å². The lowest BCUT2D eigenvalue weighted by Gasteiger charge is -2.35. The first kappa shape index (κ1) is 14.9. The molecule has 1 spiro atoms. The summed E-state index contributed by atoms with van der Waals surface area (Å²) in [5.41, 5.74) is 0. The van der Waals surface area contributed by atoms with Crippen molar-refractivity contribution in [1.82, 2.24) is 4.72 Å². The Kier molecular flexibility index (Phi) is 4.03. The van der Waals surface area contributed by atoms with E-state index in [9.17, 15) is 8.42 Å². The highest BCUT2D eigenvalue weighted by molar-refractivity contribution is 7.91. The van der Waals surface area contributed by atoms with Crippen LogP contribution in [0, 0.1) is 11.3 Å². The molecule has 8 heteroatoms. The molecule has 3 rings (SSSR count). The number of hydrogen-bond acceptors (Lipinski definition) is 6. The number of hydrogen-bond donors (Lipinski definition) is 1. The van der Waals surface area contributed by atoms with E-state index in [4.69, 9.17) is 14.7 Å². The van der Waals surface area contributed by atoms with Gasteiger partial charge in [0, 0.05) is 18.9 Å². The maximum atomic E-state index is 12.3. The third kappa shape index (κ3) is 3.12. The van der Waals surface area contributed by atoms with Gasteiger partial charge in [-0.15, -0.1) is 11.3 Å². The molecule has 0 atom stereocenters. The van der Waals surface area contributed by atoms with Gasteiger partial charge in [-0.1, -0.05) is 0 Å². The van der Waals surface area contributed by atoms with Gasteiger partial charge in [0.15, 0.2) is 5.79 Å². The van der Waals surface area contributed by atoms with E-state index in [0.717, 1.165) is 11.3 Å². The van der Waals surface area contributed by atoms with Crippen molar-refractivity contribution >= 4 is 21.4 Å². The SMILES string of the molecule is N#Cc1ccc(S(=O)(=O)NC2CCC3(CC2)OCCO3)s1. The lowest BCUT2D eigenvalue weighted by Crippen LogP contribution is -2.43. The zero-order valence-electron chi connectivity index (χ0n) is 11.4. The Morgan fingerprint density at radius 2 is 1.95 bits per heavy atom. The van der Waals surface area contributed by atoms with Crippen molar-refractivity contribution in [2.45, 2.75) is 41.7 Å². The molecule has 1 aliphatic heterocycles. The molecule has 0 bridgehead atoms. The molecule has 1 saturated heterocycles. The van der Waals surface area contributed by atoms with E-state index in [-0.39, 0.29) is 10.3 Å².